The first-order valence-corrected chi connectivity index (χ1v) is 11.5. The van der Waals surface area contributed by atoms with Crippen LogP contribution in [0.3, 0.4) is 0 Å². The van der Waals surface area contributed by atoms with Crippen molar-refractivity contribution in [3.63, 3.8) is 0 Å². The number of pyridine rings is 2. The molecule has 0 radical (unpaired) electrons. The number of halogens is 1. The summed E-state index contributed by atoms with van der Waals surface area (Å²) in [6, 6.07) is 7.50. The normalized spacial score (nSPS) is 17.8. The van der Waals surface area contributed by atoms with Crippen LogP contribution in [-0.4, -0.2) is 42.6 Å². The highest BCUT2D eigenvalue weighted by Gasteiger charge is 2.22. The van der Waals surface area contributed by atoms with Gasteiger partial charge in [0, 0.05) is 30.5 Å². The van der Waals surface area contributed by atoms with Gasteiger partial charge in [0.05, 0.1) is 23.8 Å². The van der Waals surface area contributed by atoms with Crippen LogP contribution >= 0.6 is 0 Å². The highest BCUT2D eigenvalue weighted by molar-refractivity contribution is 6.03. The maximum Gasteiger partial charge on any atom is 0.276 e. The van der Waals surface area contributed by atoms with Gasteiger partial charge in [0.1, 0.15) is 11.6 Å². The Hall–Kier alpha value is -4.12. The third-order valence-corrected chi connectivity index (χ3v) is 6.02. The quantitative estimate of drug-likeness (QED) is 0.332. The van der Waals surface area contributed by atoms with Crippen molar-refractivity contribution >= 4 is 34.6 Å². The Kier molecular flexibility index (Phi) is 6.23. The first-order chi connectivity index (χ1) is 17.0. The topological polar surface area (TPSA) is 135 Å². The predicted molar refractivity (Wildman–Crippen MR) is 131 cm³/mol. The molecule has 1 saturated carbocycles. The molecule has 1 aliphatic carbocycles. The van der Waals surface area contributed by atoms with E-state index in [-0.39, 0.29) is 23.5 Å². The summed E-state index contributed by atoms with van der Waals surface area (Å²) in [6.45, 7) is 1.96. The molecule has 0 aliphatic heterocycles. The van der Waals surface area contributed by atoms with Crippen molar-refractivity contribution in [1.29, 1.82) is 0 Å². The second-order valence-corrected chi connectivity index (χ2v) is 8.73. The van der Waals surface area contributed by atoms with Gasteiger partial charge in [-0.3, -0.25) is 9.78 Å². The van der Waals surface area contributed by atoms with Gasteiger partial charge >= 0.3 is 0 Å². The molecular formula is C24H26FN9O. The number of nitrogens with two attached hydrogens (primary N) is 1. The fourth-order valence-corrected chi connectivity index (χ4v) is 4.10. The zero-order valence-corrected chi connectivity index (χ0v) is 19.2. The molecule has 0 aromatic carbocycles. The van der Waals surface area contributed by atoms with E-state index in [9.17, 15) is 9.18 Å². The average molecular weight is 476 g/mol. The lowest BCUT2D eigenvalue weighted by molar-refractivity contribution is 0.102. The van der Waals surface area contributed by atoms with Crippen molar-refractivity contribution in [1.82, 2.24) is 24.6 Å². The number of aromatic nitrogens is 5. The van der Waals surface area contributed by atoms with Crippen LogP contribution in [0.1, 0.15) is 41.7 Å². The van der Waals surface area contributed by atoms with E-state index in [1.54, 1.807) is 6.20 Å². The standard InChI is InChI=1S/C24H26FN9O/c1-14-2-7-21(28-11-14)31-19-10-22(30-16-5-3-15(26)4-6-16)33-34-20(13-29-23(19)34)24(35)32-18-8-9-27-12-17(18)25/h2,7-13,15-16H,3-6,26H2,1H3,(H,28,31)(H,30,33)(H,27,32,35). The van der Waals surface area contributed by atoms with Crippen LogP contribution in [0.5, 0.6) is 0 Å². The van der Waals surface area contributed by atoms with Gasteiger partial charge in [0.15, 0.2) is 17.2 Å². The first kappa shape index (κ1) is 22.7. The number of nitrogens with one attached hydrogen (secondary N) is 3. The van der Waals surface area contributed by atoms with Gasteiger partial charge in [-0.2, -0.15) is 0 Å². The fourth-order valence-electron chi connectivity index (χ4n) is 4.10. The van der Waals surface area contributed by atoms with E-state index in [2.05, 4.69) is 36.0 Å². The lowest BCUT2D eigenvalue weighted by Gasteiger charge is -2.27. The third-order valence-electron chi connectivity index (χ3n) is 6.02. The van der Waals surface area contributed by atoms with Gasteiger partial charge in [-0.05, 0) is 50.3 Å². The first-order valence-electron chi connectivity index (χ1n) is 11.5. The molecule has 10 nitrogen and oxygen atoms in total. The van der Waals surface area contributed by atoms with Crippen molar-refractivity contribution in [3.05, 3.63) is 66.1 Å². The molecule has 0 unspecified atom stereocenters. The summed E-state index contributed by atoms with van der Waals surface area (Å²) in [6.07, 6.45) is 9.36. The van der Waals surface area contributed by atoms with E-state index in [1.165, 1.54) is 23.0 Å². The molecule has 1 amide bonds. The van der Waals surface area contributed by atoms with Crippen molar-refractivity contribution in [2.75, 3.05) is 16.0 Å². The molecule has 11 heteroatoms. The molecule has 4 aromatic heterocycles. The minimum Gasteiger partial charge on any atom is -0.366 e. The van der Waals surface area contributed by atoms with Crippen molar-refractivity contribution in [2.45, 2.75) is 44.7 Å². The van der Waals surface area contributed by atoms with E-state index in [0.29, 0.717) is 23.0 Å². The maximum atomic E-state index is 14.0. The number of rotatable bonds is 6. The number of hydrogen-bond acceptors (Lipinski definition) is 8. The summed E-state index contributed by atoms with van der Waals surface area (Å²) in [7, 11) is 0. The number of fused-ring (bicyclic) bond motifs is 1. The minimum absolute atomic E-state index is 0.0231. The van der Waals surface area contributed by atoms with Crippen molar-refractivity contribution in [3.8, 4) is 0 Å². The number of amides is 1. The number of anilines is 4. The smallest absolute Gasteiger partial charge is 0.276 e. The van der Waals surface area contributed by atoms with E-state index >= 15 is 0 Å². The number of aryl methyl sites for hydroxylation is 1. The van der Waals surface area contributed by atoms with Crippen LogP contribution in [0.4, 0.5) is 27.4 Å². The maximum absolute atomic E-state index is 14.0. The van der Waals surface area contributed by atoms with E-state index in [0.717, 1.165) is 37.4 Å². The van der Waals surface area contributed by atoms with E-state index in [1.807, 2.05) is 25.1 Å². The van der Waals surface area contributed by atoms with Crippen molar-refractivity contribution in [2.24, 2.45) is 5.73 Å². The minimum atomic E-state index is -0.631. The highest BCUT2D eigenvalue weighted by atomic mass is 19.1. The van der Waals surface area contributed by atoms with Crippen LogP contribution < -0.4 is 21.7 Å². The Balaban J connectivity index is 1.50. The molecule has 0 atom stereocenters. The lowest BCUT2D eigenvalue weighted by Crippen LogP contribution is -2.33. The van der Waals surface area contributed by atoms with Gasteiger partial charge in [-0.15, -0.1) is 5.10 Å². The summed E-state index contributed by atoms with van der Waals surface area (Å²) < 4.78 is 15.5. The Labute approximate surface area is 201 Å². The second-order valence-electron chi connectivity index (χ2n) is 8.73. The van der Waals surface area contributed by atoms with Gasteiger partial charge in [0.2, 0.25) is 0 Å². The zero-order chi connectivity index (χ0) is 24.4. The van der Waals surface area contributed by atoms with Gasteiger partial charge in [-0.25, -0.2) is 18.9 Å². The molecule has 0 bridgehead atoms. The molecule has 180 valence electrons. The Morgan fingerprint density at radius 3 is 2.63 bits per heavy atom. The number of hydrogen-bond donors (Lipinski definition) is 4. The molecule has 0 saturated heterocycles. The van der Waals surface area contributed by atoms with Crippen LogP contribution in [-0.2, 0) is 0 Å². The largest absolute Gasteiger partial charge is 0.366 e. The Morgan fingerprint density at radius 2 is 1.89 bits per heavy atom. The molecule has 1 fully saturated rings. The number of carbonyl (C=O) groups is 1. The summed E-state index contributed by atoms with van der Waals surface area (Å²) in [4.78, 5) is 25.6. The fraction of sp³-hybridized carbons (Fsp3) is 0.292. The number of nitrogens with zero attached hydrogens (tertiary/aromatic N) is 5. The summed E-state index contributed by atoms with van der Waals surface area (Å²) in [5.41, 5.74) is 8.33. The molecule has 4 aromatic rings. The Bertz CT molecular complexity index is 1350. The summed E-state index contributed by atoms with van der Waals surface area (Å²) in [5, 5.41) is 13.9. The third kappa shape index (κ3) is 5.04. The number of carbonyl (C=O) groups excluding carboxylic acids is 1. The SMILES string of the molecule is Cc1ccc(Nc2cc(NC3CCC(N)CC3)nn3c(C(=O)Nc4ccncc4F)cnc23)nc1. The van der Waals surface area contributed by atoms with Gasteiger partial charge in [0.25, 0.3) is 5.91 Å². The summed E-state index contributed by atoms with van der Waals surface area (Å²) >= 11 is 0. The predicted octanol–water partition coefficient (Wildman–Crippen LogP) is 3.64. The number of imidazole rings is 1. The zero-order valence-electron chi connectivity index (χ0n) is 19.2. The van der Waals surface area contributed by atoms with Crippen molar-refractivity contribution < 1.29 is 9.18 Å². The lowest BCUT2D eigenvalue weighted by atomic mass is 9.92. The molecular weight excluding hydrogens is 449 g/mol. The van der Waals surface area contributed by atoms with Crippen LogP contribution in [0.2, 0.25) is 0 Å². The molecule has 0 spiro atoms. The second kappa shape index (κ2) is 9.63. The Morgan fingerprint density at radius 1 is 1.06 bits per heavy atom. The average Bonchev–Trinajstić information content (AvgIpc) is 3.28. The van der Waals surface area contributed by atoms with Gasteiger partial charge in [-0.1, -0.05) is 6.07 Å². The highest BCUT2D eigenvalue weighted by Crippen LogP contribution is 2.27. The monoisotopic (exact) mass is 475 g/mol. The van der Waals surface area contributed by atoms with Gasteiger partial charge < -0.3 is 21.7 Å². The van der Waals surface area contributed by atoms with Crippen LogP contribution in [0, 0.1) is 12.7 Å². The molecule has 1 aliphatic rings. The van der Waals surface area contributed by atoms with Crippen LogP contribution in [0.25, 0.3) is 5.65 Å². The van der Waals surface area contributed by atoms with E-state index in [4.69, 9.17) is 5.73 Å². The molecule has 4 heterocycles. The molecule has 35 heavy (non-hydrogen) atoms. The molecule has 5 rings (SSSR count). The summed E-state index contributed by atoms with van der Waals surface area (Å²) in [5.74, 6) is 0.0319. The van der Waals surface area contributed by atoms with Crippen LogP contribution in [0.15, 0.2) is 49.1 Å². The molecule has 5 N–H and O–H groups in total. The van der Waals surface area contributed by atoms with E-state index < -0.39 is 11.7 Å².